The molecular formula is C81H51N9. The Balaban J connectivity index is 0.740. The van der Waals surface area contributed by atoms with Gasteiger partial charge in [0.2, 0.25) is 0 Å². The average Bonchev–Trinajstić information content (AvgIpc) is 1.71. The molecule has 9 nitrogen and oxygen atoms in total. The maximum atomic E-state index is 5.44. The van der Waals surface area contributed by atoms with Crippen LogP contribution in [0.4, 0.5) is 51.2 Å². The number of hydrogen-bond acceptors (Lipinski definition) is 6. The van der Waals surface area contributed by atoms with Gasteiger partial charge >= 0.3 is 0 Å². The lowest BCUT2D eigenvalue weighted by Crippen LogP contribution is -2.10. The Morgan fingerprint density at radius 1 is 0.178 bits per heavy atom. The molecule has 12 aromatic carbocycles. The lowest BCUT2D eigenvalue weighted by atomic mass is 9.95. The molecular weight excluding hydrogens is 1100 g/mol. The fourth-order valence-corrected chi connectivity index (χ4v) is 14.3. The van der Waals surface area contributed by atoms with Gasteiger partial charge in [-0.05, 0) is 106 Å². The monoisotopic (exact) mass is 1150 g/mol. The molecule has 0 aliphatic carbocycles. The number of fused-ring (bicyclic) bond motifs is 21. The molecule has 0 radical (unpaired) electrons. The molecule has 0 spiro atoms. The minimum Gasteiger partial charge on any atom is -0.309 e. The van der Waals surface area contributed by atoms with E-state index < -0.39 is 0 Å². The summed E-state index contributed by atoms with van der Waals surface area (Å²) in [5, 5.41) is 16.3. The van der Waals surface area contributed by atoms with E-state index in [1.165, 1.54) is 66.8 Å². The van der Waals surface area contributed by atoms with Crippen molar-refractivity contribution < 1.29 is 0 Å². The highest BCUT2D eigenvalue weighted by atomic mass is 15.4. The second-order valence-corrected chi connectivity index (χ2v) is 23.3. The van der Waals surface area contributed by atoms with Crippen molar-refractivity contribution in [3.8, 4) is 101 Å². The summed E-state index contributed by atoms with van der Waals surface area (Å²) in [5.74, 6) is 0. The van der Waals surface area contributed by atoms with Gasteiger partial charge in [0.05, 0.1) is 51.2 Å². The first-order valence-corrected chi connectivity index (χ1v) is 30.5. The van der Waals surface area contributed by atoms with Crippen molar-refractivity contribution in [2.75, 3.05) is 14.7 Å². The number of anilines is 9. The summed E-state index contributed by atoms with van der Waals surface area (Å²) in [4.78, 5) is 7.16. The third-order valence-corrected chi connectivity index (χ3v) is 18.4. The largest absolute Gasteiger partial charge is 0.309 e. The van der Waals surface area contributed by atoms with Gasteiger partial charge in [0.15, 0.2) is 16.9 Å². The number of para-hydroxylation sites is 6. The Labute approximate surface area is 518 Å². The highest BCUT2D eigenvalue weighted by Crippen LogP contribution is 2.54. The Hall–Kier alpha value is -12.3. The summed E-state index contributed by atoms with van der Waals surface area (Å²) in [6.45, 7) is 0. The Bertz CT molecular complexity index is 4730. The zero-order valence-electron chi connectivity index (χ0n) is 48.5. The van der Waals surface area contributed by atoms with Crippen LogP contribution < -0.4 is 14.7 Å². The molecule has 0 saturated heterocycles. The van der Waals surface area contributed by atoms with Gasteiger partial charge in [-0.2, -0.15) is 28.8 Å². The van der Waals surface area contributed by atoms with Gasteiger partial charge in [-0.15, -0.1) is 0 Å². The van der Waals surface area contributed by atoms with Crippen molar-refractivity contribution in [1.29, 1.82) is 0 Å². The molecule has 9 heteroatoms. The second-order valence-electron chi connectivity index (χ2n) is 23.3. The van der Waals surface area contributed by atoms with Crippen molar-refractivity contribution in [1.82, 2.24) is 28.8 Å². The van der Waals surface area contributed by atoms with Gasteiger partial charge in [0.25, 0.3) is 0 Å². The number of aromatic nitrogens is 6. The second kappa shape index (κ2) is 19.6. The summed E-state index contributed by atoms with van der Waals surface area (Å²) in [6.07, 6.45) is 0. The van der Waals surface area contributed by atoms with Crippen LogP contribution in [0.2, 0.25) is 0 Å². The average molecular weight is 1150 g/mol. The van der Waals surface area contributed by atoms with Gasteiger partial charge in [-0.1, -0.05) is 218 Å². The first-order chi connectivity index (χ1) is 44.6. The molecule has 90 heavy (non-hydrogen) atoms. The summed E-state index contributed by atoms with van der Waals surface area (Å²) < 4.78 is 5.98. The number of hydrogen-bond donors (Lipinski definition) is 0. The minimum absolute atomic E-state index is 0.811. The highest BCUT2D eigenvalue weighted by Gasteiger charge is 2.30. The van der Waals surface area contributed by atoms with Gasteiger partial charge in [0.1, 0.15) is 0 Å². The predicted octanol–water partition coefficient (Wildman–Crippen LogP) is 21.0. The van der Waals surface area contributed by atoms with Crippen LogP contribution in [-0.2, 0) is 0 Å². The van der Waals surface area contributed by atoms with Crippen molar-refractivity contribution in [2.45, 2.75) is 0 Å². The molecule has 0 fully saturated rings. The fourth-order valence-electron chi connectivity index (χ4n) is 14.3. The van der Waals surface area contributed by atoms with Crippen LogP contribution in [0, 0.1) is 0 Å². The normalized spacial score (nSPS) is 12.6. The molecule has 4 aromatic heterocycles. The maximum Gasteiger partial charge on any atom is 0.162 e. The van der Waals surface area contributed by atoms with Crippen LogP contribution in [0.1, 0.15) is 0 Å². The lowest BCUT2D eigenvalue weighted by molar-refractivity contribution is 0.831. The van der Waals surface area contributed by atoms with Gasteiger partial charge in [-0.3, -0.25) is 0 Å². The molecule has 0 amide bonds. The fraction of sp³-hybridized carbons (Fsp3) is 0. The van der Waals surface area contributed by atoms with Crippen LogP contribution in [0.15, 0.2) is 309 Å². The molecule has 3 aliphatic rings. The SMILES string of the molecule is c1ccc2c(c1)-c1ccccc1N(c1ccc(-c3cc4n(n3)c3cc(-c5ccc(N6c7ccccc7-c7ccccc7-c7ccccc76)cc5)nn3c3cc(-c5ccc(N6c7ccccc7-c7ccccc7-c7ccccc76)cc5)nn43)cc1)c1ccccc1-2. The quantitative estimate of drug-likeness (QED) is 0.165. The molecule has 0 N–H and O–H groups in total. The molecule has 3 aliphatic heterocycles. The van der Waals surface area contributed by atoms with E-state index in [1.54, 1.807) is 0 Å². The van der Waals surface area contributed by atoms with E-state index in [0.717, 1.165) is 102 Å². The molecule has 19 rings (SSSR count). The molecule has 16 aromatic rings. The topological polar surface area (TPSA) is 61.6 Å². The van der Waals surface area contributed by atoms with E-state index >= 15 is 0 Å². The summed E-state index contributed by atoms with van der Waals surface area (Å²) in [6, 6.07) is 111. The molecule has 0 saturated carbocycles. The first-order valence-electron chi connectivity index (χ1n) is 30.5. The van der Waals surface area contributed by atoms with Crippen LogP contribution in [0.3, 0.4) is 0 Å². The van der Waals surface area contributed by atoms with Gasteiger partial charge < -0.3 is 14.7 Å². The number of nitrogens with zero attached hydrogens (tertiary/aromatic N) is 9. The van der Waals surface area contributed by atoms with Crippen LogP contribution >= 0.6 is 0 Å². The molecule has 420 valence electrons. The standard InChI is InChI=1S/C81H51N9/c1-2-20-59-58(19-1)64-25-7-13-31-73(64)85(74-32-14-8-26-65(59)74)55-43-37-52(38-44-55)70-49-79-88(82-70)80-50-71(53-39-45-56(46-40-53)86-75-33-15-9-27-66(75)60-21-3-4-22-61(60)67-28-10-16-34-76(67)86)84-90(80)81-51-72(83-89(79)81)54-41-47-57(48-42-54)87-77-35-17-11-29-68(77)62-23-5-6-24-63(62)69-30-12-18-36-78(69)87/h1-51H. The zero-order valence-corrected chi connectivity index (χ0v) is 48.5. The number of rotatable bonds is 6. The summed E-state index contributed by atoms with van der Waals surface area (Å²) in [7, 11) is 0. The van der Waals surface area contributed by atoms with Gasteiger partial charge in [-0.25, -0.2) is 0 Å². The lowest BCUT2D eigenvalue weighted by Gasteiger charge is -2.27. The third kappa shape index (κ3) is 7.53. The maximum absolute atomic E-state index is 5.44. The van der Waals surface area contributed by atoms with E-state index in [4.69, 9.17) is 15.3 Å². The molecule has 7 heterocycles. The zero-order chi connectivity index (χ0) is 59.0. The molecule has 0 atom stereocenters. The summed E-state index contributed by atoms with van der Waals surface area (Å²) >= 11 is 0. The summed E-state index contributed by atoms with van der Waals surface area (Å²) in [5.41, 5.74) is 32.2. The van der Waals surface area contributed by atoms with E-state index in [2.05, 4.69) is 324 Å². The van der Waals surface area contributed by atoms with E-state index in [-0.39, 0.29) is 0 Å². The van der Waals surface area contributed by atoms with Crippen molar-refractivity contribution >= 4 is 68.1 Å². The molecule has 0 bridgehead atoms. The highest BCUT2D eigenvalue weighted by molar-refractivity contribution is 6.05. The van der Waals surface area contributed by atoms with Crippen LogP contribution in [-0.4, -0.2) is 28.8 Å². The van der Waals surface area contributed by atoms with Crippen molar-refractivity contribution in [2.24, 2.45) is 0 Å². The number of benzene rings is 12. The van der Waals surface area contributed by atoms with E-state index in [0.29, 0.717) is 0 Å². The smallest absolute Gasteiger partial charge is 0.162 e. The molecule has 0 unspecified atom stereocenters. The third-order valence-electron chi connectivity index (χ3n) is 18.4. The Morgan fingerprint density at radius 3 is 0.556 bits per heavy atom. The Kier molecular flexibility index (Phi) is 10.9. The van der Waals surface area contributed by atoms with Crippen molar-refractivity contribution in [3.05, 3.63) is 309 Å². The minimum atomic E-state index is 0.811. The van der Waals surface area contributed by atoms with E-state index in [1.807, 2.05) is 13.5 Å². The van der Waals surface area contributed by atoms with Gasteiger partial charge in [0, 0.05) is 85.3 Å². The Morgan fingerprint density at radius 2 is 0.356 bits per heavy atom. The van der Waals surface area contributed by atoms with Crippen molar-refractivity contribution in [3.63, 3.8) is 0 Å². The first kappa shape index (κ1) is 49.9. The van der Waals surface area contributed by atoms with Crippen LogP contribution in [0.5, 0.6) is 0 Å². The van der Waals surface area contributed by atoms with E-state index in [9.17, 15) is 0 Å². The predicted molar refractivity (Wildman–Crippen MR) is 366 cm³/mol. The van der Waals surface area contributed by atoms with Crippen LogP contribution in [0.25, 0.3) is 117 Å².